The Balaban J connectivity index is 2.18. The molecule has 1 aromatic carbocycles. The molecule has 9 nitrogen and oxygen atoms in total. The van der Waals surface area contributed by atoms with Crippen LogP contribution in [0.25, 0.3) is 11.4 Å². The molecule has 0 aliphatic carbocycles. The number of aromatic nitrogens is 3. The Kier molecular flexibility index (Phi) is 3.90. The molecular weight excluding hydrogens is 381 g/mol. The molecule has 0 unspecified atom stereocenters. The van der Waals surface area contributed by atoms with Gasteiger partial charge in [0.15, 0.2) is 16.5 Å². The first-order valence-electron chi connectivity index (χ1n) is 6.77. The Morgan fingerprint density at radius 2 is 1.73 bits per heavy atom. The summed E-state index contributed by atoms with van der Waals surface area (Å²) in [6.07, 6.45) is -4.58. The third-order valence-electron chi connectivity index (χ3n) is 3.37. The standard InChI is InChI=1S/C13H9F3N4O5S/c1-6-9(10(17)18-24-6)26(22,23)20-11(19-25-12(20)21)7-2-4-8(5-3-7)13(14,15)16/h2-5H,1H3,(H2,17,18). The Morgan fingerprint density at radius 3 is 2.23 bits per heavy atom. The summed E-state index contributed by atoms with van der Waals surface area (Å²) in [4.78, 5) is 11.3. The van der Waals surface area contributed by atoms with Gasteiger partial charge in [-0.05, 0) is 19.1 Å². The molecule has 0 aliphatic rings. The zero-order valence-electron chi connectivity index (χ0n) is 12.8. The fourth-order valence-corrected chi connectivity index (χ4v) is 3.70. The number of nitrogens with zero attached hydrogens (tertiary/aromatic N) is 3. The highest BCUT2D eigenvalue weighted by molar-refractivity contribution is 7.90. The number of benzene rings is 1. The Bertz CT molecular complexity index is 1110. The van der Waals surface area contributed by atoms with E-state index in [2.05, 4.69) is 19.4 Å². The van der Waals surface area contributed by atoms with Gasteiger partial charge >= 0.3 is 11.9 Å². The molecule has 2 aromatic heterocycles. The molecular formula is C13H9F3N4O5S. The molecule has 13 heteroatoms. The molecule has 2 N–H and O–H groups in total. The minimum atomic E-state index is -4.62. The van der Waals surface area contributed by atoms with Crippen LogP contribution in [0.4, 0.5) is 19.0 Å². The summed E-state index contributed by atoms with van der Waals surface area (Å²) in [5.74, 6) is -2.58. The largest absolute Gasteiger partial charge is 0.456 e. The van der Waals surface area contributed by atoms with Crippen molar-refractivity contribution in [2.24, 2.45) is 0 Å². The van der Waals surface area contributed by atoms with Gasteiger partial charge in [-0.2, -0.15) is 13.2 Å². The van der Waals surface area contributed by atoms with Gasteiger partial charge in [0.2, 0.25) is 5.82 Å². The van der Waals surface area contributed by atoms with E-state index >= 15 is 0 Å². The lowest BCUT2D eigenvalue weighted by atomic mass is 10.1. The monoisotopic (exact) mass is 390 g/mol. The quantitative estimate of drug-likeness (QED) is 0.713. The molecule has 138 valence electrons. The van der Waals surface area contributed by atoms with E-state index in [-0.39, 0.29) is 15.3 Å². The zero-order chi connectivity index (χ0) is 19.3. The average molecular weight is 390 g/mol. The van der Waals surface area contributed by atoms with E-state index < -0.39 is 44.1 Å². The molecule has 0 radical (unpaired) electrons. The normalized spacial score (nSPS) is 12.5. The Morgan fingerprint density at radius 1 is 1.12 bits per heavy atom. The second-order valence-electron chi connectivity index (χ2n) is 5.07. The Hall–Kier alpha value is -3.09. The molecule has 0 amide bonds. The molecule has 26 heavy (non-hydrogen) atoms. The number of nitrogen functional groups attached to an aromatic ring is 1. The number of aryl methyl sites for hydroxylation is 1. The lowest BCUT2D eigenvalue weighted by Gasteiger charge is -2.08. The van der Waals surface area contributed by atoms with Crippen LogP contribution in [0.2, 0.25) is 0 Å². The summed E-state index contributed by atoms with van der Waals surface area (Å²) in [7, 11) is -4.62. The van der Waals surface area contributed by atoms with Gasteiger partial charge in [-0.3, -0.25) is 4.52 Å². The summed E-state index contributed by atoms with van der Waals surface area (Å²) in [6.45, 7) is 1.26. The van der Waals surface area contributed by atoms with Gasteiger partial charge in [0, 0.05) is 5.56 Å². The van der Waals surface area contributed by atoms with Gasteiger partial charge in [0.25, 0.3) is 10.0 Å². The van der Waals surface area contributed by atoms with Crippen molar-refractivity contribution in [2.45, 2.75) is 18.0 Å². The summed E-state index contributed by atoms with van der Waals surface area (Å²) in [5, 5.41) is 6.63. The molecule has 2 heterocycles. The molecule has 0 atom stereocenters. The fraction of sp³-hybridized carbons (Fsp3) is 0.154. The van der Waals surface area contributed by atoms with Crippen LogP contribution in [0.15, 0.2) is 43.0 Å². The smallest absolute Gasteiger partial charge is 0.380 e. The maximum atomic E-state index is 12.7. The minimum absolute atomic E-state index is 0.0971. The topological polar surface area (TPSA) is 134 Å². The van der Waals surface area contributed by atoms with Crippen molar-refractivity contribution >= 4 is 15.8 Å². The van der Waals surface area contributed by atoms with Crippen LogP contribution >= 0.6 is 0 Å². The Labute approximate surface area is 142 Å². The van der Waals surface area contributed by atoms with Crippen molar-refractivity contribution in [3.8, 4) is 11.4 Å². The second-order valence-corrected chi connectivity index (χ2v) is 6.79. The van der Waals surface area contributed by atoms with Crippen molar-refractivity contribution in [2.75, 3.05) is 5.73 Å². The summed E-state index contributed by atoms with van der Waals surface area (Å²) < 4.78 is 72.7. The van der Waals surface area contributed by atoms with Crippen LogP contribution < -0.4 is 11.5 Å². The van der Waals surface area contributed by atoms with Crippen molar-refractivity contribution < 1.29 is 30.6 Å². The van der Waals surface area contributed by atoms with Crippen LogP contribution in [0.5, 0.6) is 0 Å². The predicted octanol–water partition coefficient (Wildman–Crippen LogP) is 1.64. The van der Waals surface area contributed by atoms with Crippen molar-refractivity contribution in [3.63, 3.8) is 0 Å². The molecule has 0 saturated heterocycles. The zero-order valence-corrected chi connectivity index (χ0v) is 13.6. The van der Waals surface area contributed by atoms with Crippen molar-refractivity contribution in [1.29, 1.82) is 0 Å². The number of nitrogens with two attached hydrogens (primary N) is 1. The molecule has 3 rings (SSSR count). The maximum Gasteiger partial charge on any atom is 0.456 e. The molecule has 0 fully saturated rings. The van der Waals surface area contributed by atoms with Crippen LogP contribution in [-0.4, -0.2) is 22.7 Å². The van der Waals surface area contributed by atoms with Crippen LogP contribution in [0.1, 0.15) is 11.3 Å². The fourth-order valence-electron chi connectivity index (χ4n) is 2.22. The number of rotatable bonds is 3. The lowest BCUT2D eigenvalue weighted by molar-refractivity contribution is -0.137. The lowest BCUT2D eigenvalue weighted by Crippen LogP contribution is -2.25. The SMILES string of the molecule is Cc1onc(N)c1S(=O)(=O)n1c(-c2ccc(C(F)(F)F)cc2)noc1=O. The number of anilines is 1. The van der Waals surface area contributed by atoms with E-state index in [1.807, 2.05) is 0 Å². The van der Waals surface area contributed by atoms with Gasteiger partial charge in [-0.25, -0.2) is 13.2 Å². The second kappa shape index (κ2) is 5.72. The predicted molar refractivity (Wildman–Crippen MR) is 79.4 cm³/mol. The van der Waals surface area contributed by atoms with Gasteiger partial charge in [0.1, 0.15) is 0 Å². The van der Waals surface area contributed by atoms with E-state index in [4.69, 9.17) is 5.73 Å². The molecule has 0 spiro atoms. The highest BCUT2D eigenvalue weighted by atomic mass is 32.2. The van der Waals surface area contributed by atoms with Crippen LogP contribution in [0, 0.1) is 6.92 Å². The highest BCUT2D eigenvalue weighted by Gasteiger charge is 2.34. The molecule has 0 aliphatic heterocycles. The molecule has 0 bridgehead atoms. The van der Waals surface area contributed by atoms with E-state index in [1.54, 1.807) is 0 Å². The molecule has 3 aromatic rings. The van der Waals surface area contributed by atoms with Crippen LogP contribution in [-0.2, 0) is 16.2 Å². The summed E-state index contributed by atoms with van der Waals surface area (Å²) in [6, 6.07) is 3.33. The highest BCUT2D eigenvalue weighted by Crippen LogP contribution is 2.31. The first-order valence-corrected chi connectivity index (χ1v) is 8.21. The third kappa shape index (κ3) is 2.75. The van der Waals surface area contributed by atoms with Gasteiger partial charge < -0.3 is 10.3 Å². The number of hydrogen-bond donors (Lipinski definition) is 1. The van der Waals surface area contributed by atoms with Crippen LogP contribution in [0.3, 0.4) is 0 Å². The first-order chi connectivity index (χ1) is 12.0. The maximum absolute atomic E-state index is 12.7. The van der Waals surface area contributed by atoms with E-state index in [0.717, 1.165) is 12.1 Å². The van der Waals surface area contributed by atoms with Crippen molar-refractivity contribution in [1.82, 2.24) is 14.3 Å². The number of halogens is 3. The van der Waals surface area contributed by atoms with Crippen molar-refractivity contribution in [3.05, 3.63) is 46.1 Å². The first kappa shape index (κ1) is 17.7. The molecule has 0 saturated carbocycles. The summed E-state index contributed by atoms with van der Waals surface area (Å²) in [5.41, 5.74) is 4.41. The van der Waals surface area contributed by atoms with E-state index in [0.29, 0.717) is 12.1 Å². The number of alkyl halides is 3. The average Bonchev–Trinajstić information content (AvgIpc) is 3.10. The van der Waals surface area contributed by atoms with E-state index in [1.165, 1.54) is 6.92 Å². The number of hydrogen-bond acceptors (Lipinski definition) is 8. The minimum Gasteiger partial charge on any atom is -0.380 e. The van der Waals surface area contributed by atoms with E-state index in [9.17, 15) is 26.4 Å². The van der Waals surface area contributed by atoms with Gasteiger partial charge in [-0.15, -0.1) is 3.97 Å². The summed E-state index contributed by atoms with van der Waals surface area (Å²) >= 11 is 0. The third-order valence-corrected chi connectivity index (χ3v) is 5.19. The van der Waals surface area contributed by atoms with Gasteiger partial charge in [0.05, 0.1) is 5.56 Å². The van der Waals surface area contributed by atoms with Gasteiger partial charge in [-0.1, -0.05) is 22.4 Å².